The van der Waals surface area contributed by atoms with Crippen LogP contribution in [0.2, 0.25) is 5.02 Å². The van der Waals surface area contributed by atoms with Crippen LogP contribution < -0.4 is 4.31 Å². The van der Waals surface area contributed by atoms with Crippen LogP contribution in [-0.2, 0) is 14.8 Å². The van der Waals surface area contributed by atoms with Gasteiger partial charge in [0, 0.05) is 5.39 Å². The van der Waals surface area contributed by atoms with E-state index in [1.54, 1.807) is 44.2 Å². The third-order valence-electron chi connectivity index (χ3n) is 5.13. The van der Waals surface area contributed by atoms with Crippen LogP contribution in [0.4, 0.5) is 5.69 Å². The SMILES string of the molecule is CCOC(=O)c1c(C)oc2ccc(N(C(=O)c3ccccc3Cl)S(=O)(=O)c3ccccc3)cc12. The standard InChI is InChI=1S/C25H20ClNO6S/c1-3-32-25(29)23-16(2)33-22-14-13-17(15-20(22)23)27(24(28)19-11-7-8-12-21(19)26)34(30,31)18-9-5-4-6-10-18/h4-15H,3H2,1-2H3. The Morgan fingerprint density at radius 3 is 2.35 bits per heavy atom. The van der Waals surface area contributed by atoms with Crippen LogP contribution in [0.25, 0.3) is 11.0 Å². The van der Waals surface area contributed by atoms with Crippen molar-refractivity contribution >= 4 is 50.2 Å². The number of amides is 1. The second-order valence-corrected chi connectivity index (χ2v) is 9.50. The molecule has 4 rings (SSSR count). The van der Waals surface area contributed by atoms with Gasteiger partial charge in [-0.05, 0) is 56.3 Å². The first-order valence-electron chi connectivity index (χ1n) is 10.3. The number of ether oxygens (including phenoxy) is 1. The molecule has 9 heteroatoms. The number of nitrogens with zero attached hydrogens (tertiary/aromatic N) is 1. The molecule has 1 amide bonds. The lowest BCUT2D eigenvalue weighted by Gasteiger charge is -2.23. The second kappa shape index (κ2) is 9.32. The largest absolute Gasteiger partial charge is 0.462 e. The van der Waals surface area contributed by atoms with Crippen molar-refractivity contribution in [2.45, 2.75) is 18.7 Å². The maximum Gasteiger partial charge on any atom is 0.342 e. The van der Waals surface area contributed by atoms with Gasteiger partial charge in [0.1, 0.15) is 16.9 Å². The molecule has 0 radical (unpaired) electrons. The summed E-state index contributed by atoms with van der Waals surface area (Å²) in [7, 11) is -4.35. The van der Waals surface area contributed by atoms with Gasteiger partial charge in [-0.2, -0.15) is 4.31 Å². The molecule has 4 aromatic rings. The van der Waals surface area contributed by atoms with Gasteiger partial charge in [0.2, 0.25) is 0 Å². The van der Waals surface area contributed by atoms with Gasteiger partial charge in [0.15, 0.2) is 0 Å². The molecule has 0 saturated heterocycles. The summed E-state index contributed by atoms with van der Waals surface area (Å²) in [5.74, 6) is -1.13. The number of furan rings is 1. The Bertz CT molecular complexity index is 1490. The monoisotopic (exact) mass is 497 g/mol. The number of hydrogen-bond acceptors (Lipinski definition) is 6. The smallest absolute Gasteiger partial charge is 0.342 e. The van der Waals surface area contributed by atoms with Crippen molar-refractivity contribution < 1.29 is 27.2 Å². The minimum absolute atomic E-state index is 0.0118. The summed E-state index contributed by atoms with van der Waals surface area (Å²) < 4.78 is 38.8. The zero-order valence-electron chi connectivity index (χ0n) is 18.3. The molecule has 0 saturated carbocycles. The Balaban J connectivity index is 1.95. The first kappa shape index (κ1) is 23.5. The third-order valence-corrected chi connectivity index (χ3v) is 7.19. The van der Waals surface area contributed by atoms with Crippen LogP contribution in [0.15, 0.2) is 82.1 Å². The van der Waals surface area contributed by atoms with E-state index in [1.807, 2.05) is 0 Å². The molecular weight excluding hydrogens is 478 g/mol. The Morgan fingerprint density at radius 2 is 1.68 bits per heavy atom. The normalized spacial score (nSPS) is 11.4. The molecule has 1 heterocycles. The van der Waals surface area contributed by atoms with Gasteiger partial charge in [-0.3, -0.25) is 4.79 Å². The maximum absolute atomic E-state index is 13.7. The average molecular weight is 498 g/mol. The van der Waals surface area contributed by atoms with Crippen molar-refractivity contribution in [2.24, 2.45) is 0 Å². The van der Waals surface area contributed by atoms with Gasteiger partial charge in [0.25, 0.3) is 15.9 Å². The van der Waals surface area contributed by atoms with Gasteiger partial charge in [-0.15, -0.1) is 0 Å². The Kier molecular flexibility index (Phi) is 6.45. The number of esters is 1. The number of carbonyl (C=O) groups excluding carboxylic acids is 2. The van der Waals surface area contributed by atoms with Crippen LogP contribution in [0, 0.1) is 6.92 Å². The van der Waals surface area contributed by atoms with Crippen molar-refractivity contribution in [3.05, 3.63) is 94.7 Å². The van der Waals surface area contributed by atoms with E-state index in [1.165, 1.54) is 42.5 Å². The molecule has 0 N–H and O–H groups in total. The highest BCUT2D eigenvalue weighted by atomic mass is 35.5. The fraction of sp³-hybridized carbons (Fsp3) is 0.120. The number of halogens is 1. The zero-order chi connectivity index (χ0) is 24.5. The highest BCUT2D eigenvalue weighted by molar-refractivity contribution is 7.93. The van der Waals surface area contributed by atoms with E-state index in [0.717, 1.165) is 0 Å². The topological polar surface area (TPSA) is 93.9 Å². The van der Waals surface area contributed by atoms with E-state index in [9.17, 15) is 18.0 Å². The minimum Gasteiger partial charge on any atom is -0.462 e. The van der Waals surface area contributed by atoms with Gasteiger partial charge in [0.05, 0.1) is 27.8 Å². The fourth-order valence-corrected chi connectivity index (χ4v) is 5.23. The van der Waals surface area contributed by atoms with Crippen molar-refractivity contribution in [1.82, 2.24) is 0 Å². The fourth-order valence-electron chi connectivity index (χ4n) is 3.60. The highest BCUT2D eigenvalue weighted by Crippen LogP contribution is 2.34. The number of rotatable bonds is 6. The van der Waals surface area contributed by atoms with E-state index in [2.05, 4.69) is 0 Å². The second-order valence-electron chi connectivity index (χ2n) is 7.30. The van der Waals surface area contributed by atoms with Crippen LogP contribution in [0.5, 0.6) is 0 Å². The lowest BCUT2D eigenvalue weighted by atomic mass is 10.1. The number of anilines is 1. The van der Waals surface area contributed by atoms with E-state index < -0.39 is 21.9 Å². The molecule has 0 aliphatic rings. The summed E-state index contributed by atoms with van der Waals surface area (Å²) in [6.07, 6.45) is 0. The van der Waals surface area contributed by atoms with E-state index in [0.29, 0.717) is 21.0 Å². The molecule has 0 bridgehead atoms. The number of carbonyl (C=O) groups is 2. The summed E-state index contributed by atoms with van der Waals surface area (Å²) in [6.45, 7) is 3.45. The molecule has 34 heavy (non-hydrogen) atoms. The van der Waals surface area contributed by atoms with Crippen LogP contribution in [-0.4, -0.2) is 26.9 Å². The summed E-state index contributed by atoms with van der Waals surface area (Å²) in [6, 6.07) is 18.1. The van der Waals surface area contributed by atoms with Crippen LogP contribution in [0.1, 0.15) is 33.4 Å². The molecule has 0 unspecified atom stereocenters. The number of fused-ring (bicyclic) bond motifs is 1. The predicted molar refractivity (Wildman–Crippen MR) is 129 cm³/mol. The summed E-state index contributed by atoms with van der Waals surface area (Å²) in [4.78, 5) is 26.1. The number of benzene rings is 3. The number of sulfonamides is 1. The minimum atomic E-state index is -4.35. The number of hydrogen-bond donors (Lipinski definition) is 0. The Hall–Kier alpha value is -3.62. The predicted octanol–water partition coefficient (Wildman–Crippen LogP) is 5.61. The zero-order valence-corrected chi connectivity index (χ0v) is 19.9. The molecule has 0 aliphatic carbocycles. The maximum atomic E-state index is 13.7. The number of aryl methyl sites for hydroxylation is 1. The molecule has 7 nitrogen and oxygen atoms in total. The van der Waals surface area contributed by atoms with Gasteiger partial charge in [-0.1, -0.05) is 41.9 Å². The molecule has 0 fully saturated rings. The quantitative estimate of drug-likeness (QED) is 0.321. The summed E-state index contributed by atoms with van der Waals surface area (Å²) in [5, 5.41) is 0.432. The van der Waals surface area contributed by atoms with Gasteiger partial charge < -0.3 is 9.15 Å². The molecular formula is C25H20ClNO6S. The van der Waals surface area contributed by atoms with E-state index >= 15 is 0 Å². The van der Waals surface area contributed by atoms with Gasteiger partial charge in [-0.25, -0.2) is 13.2 Å². The lowest BCUT2D eigenvalue weighted by Crippen LogP contribution is -2.37. The molecule has 3 aromatic carbocycles. The van der Waals surface area contributed by atoms with Crippen molar-refractivity contribution in [3.8, 4) is 0 Å². The molecule has 1 aromatic heterocycles. The first-order valence-corrected chi connectivity index (χ1v) is 12.2. The molecule has 0 spiro atoms. The molecule has 0 atom stereocenters. The molecule has 0 aliphatic heterocycles. The van der Waals surface area contributed by atoms with E-state index in [4.69, 9.17) is 20.8 Å². The third kappa shape index (κ3) is 4.18. The van der Waals surface area contributed by atoms with Crippen LogP contribution >= 0.6 is 11.6 Å². The first-order chi connectivity index (χ1) is 16.3. The van der Waals surface area contributed by atoms with E-state index in [-0.39, 0.29) is 33.3 Å². The average Bonchev–Trinajstić information content (AvgIpc) is 3.15. The molecule has 174 valence electrons. The van der Waals surface area contributed by atoms with Crippen LogP contribution in [0.3, 0.4) is 0 Å². The Morgan fingerprint density at radius 1 is 1.00 bits per heavy atom. The van der Waals surface area contributed by atoms with Crippen molar-refractivity contribution in [2.75, 3.05) is 10.9 Å². The Labute approximate surface area is 201 Å². The highest BCUT2D eigenvalue weighted by Gasteiger charge is 2.33. The van der Waals surface area contributed by atoms with Gasteiger partial charge >= 0.3 is 5.97 Å². The summed E-state index contributed by atoms with van der Waals surface area (Å²) >= 11 is 6.23. The van der Waals surface area contributed by atoms with Crippen molar-refractivity contribution in [3.63, 3.8) is 0 Å². The van der Waals surface area contributed by atoms with Crippen molar-refractivity contribution in [1.29, 1.82) is 0 Å². The lowest BCUT2D eigenvalue weighted by molar-refractivity contribution is 0.0526. The summed E-state index contributed by atoms with van der Waals surface area (Å²) in [5.41, 5.74) is 0.554.